The maximum atomic E-state index is 12.9. The van der Waals surface area contributed by atoms with Gasteiger partial charge in [0.1, 0.15) is 13.2 Å². The number of rotatable bonds is 6. The summed E-state index contributed by atoms with van der Waals surface area (Å²) in [6.07, 6.45) is 3.08. The first kappa shape index (κ1) is 19.0. The van der Waals surface area contributed by atoms with Crippen molar-refractivity contribution in [2.45, 2.75) is 37.5 Å². The van der Waals surface area contributed by atoms with Crippen LogP contribution < -0.4 is 14.8 Å². The third-order valence-electron chi connectivity index (χ3n) is 4.81. The summed E-state index contributed by atoms with van der Waals surface area (Å²) < 4.78 is 38.2. The summed E-state index contributed by atoms with van der Waals surface area (Å²) in [5.74, 6) is 0.952. The van der Waals surface area contributed by atoms with E-state index in [0.717, 1.165) is 12.8 Å². The van der Waals surface area contributed by atoms with E-state index in [2.05, 4.69) is 12.2 Å². The number of amides is 1. The number of benzene rings is 1. The van der Waals surface area contributed by atoms with Crippen molar-refractivity contribution in [3.63, 3.8) is 0 Å². The van der Waals surface area contributed by atoms with Crippen molar-refractivity contribution in [1.29, 1.82) is 0 Å². The van der Waals surface area contributed by atoms with E-state index in [9.17, 15) is 13.2 Å². The standard InChI is InChI=1S/C18H26N2O5S/c1-2-3-8-19-18(21)14-6-9-20(10-7-14)26(22,23)15-4-5-16-17(13-15)25-12-11-24-16/h4-5,13-14H,2-3,6-12H2,1H3,(H,19,21). The molecule has 144 valence electrons. The van der Waals surface area contributed by atoms with Gasteiger partial charge in [0, 0.05) is 31.6 Å². The second kappa shape index (κ2) is 8.26. The number of nitrogens with one attached hydrogen (secondary N) is 1. The molecule has 0 radical (unpaired) electrons. The van der Waals surface area contributed by atoms with E-state index in [4.69, 9.17) is 9.47 Å². The zero-order valence-corrected chi connectivity index (χ0v) is 15.9. The molecular formula is C18H26N2O5S. The zero-order chi connectivity index (χ0) is 18.6. The van der Waals surface area contributed by atoms with Gasteiger partial charge in [-0.15, -0.1) is 0 Å². The molecule has 0 bridgehead atoms. The minimum atomic E-state index is -3.60. The van der Waals surface area contributed by atoms with Crippen molar-refractivity contribution in [2.24, 2.45) is 5.92 Å². The Labute approximate surface area is 154 Å². The molecule has 8 heteroatoms. The number of fused-ring (bicyclic) bond motifs is 1. The summed E-state index contributed by atoms with van der Waals surface area (Å²) in [5.41, 5.74) is 0. The molecule has 0 aromatic heterocycles. The summed E-state index contributed by atoms with van der Waals surface area (Å²) in [7, 11) is -3.60. The van der Waals surface area contributed by atoms with Gasteiger partial charge in [-0.1, -0.05) is 13.3 Å². The lowest BCUT2D eigenvalue weighted by Gasteiger charge is -2.30. The smallest absolute Gasteiger partial charge is 0.243 e. The Morgan fingerprint density at radius 2 is 1.88 bits per heavy atom. The first-order chi connectivity index (χ1) is 12.5. The van der Waals surface area contributed by atoms with Crippen LogP contribution in [0.1, 0.15) is 32.6 Å². The van der Waals surface area contributed by atoms with Crippen LogP contribution in [0.3, 0.4) is 0 Å². The van der Waals surface area contributed by atoms with Gasteiger partial charge >= 0.3 is 0 Å². The van der Waals surface area contributed by atoms with Crippen LogP contribution in [0.2, 0.25) is 0 Å². The van der Waals surface area contributed by atoms with Gasteiger partial charge in [-0.25, -0.2) is 8.42 Å². The molecule has 0 spiro atoms. The molecule has 3 rings (SSSR count). The van der Waals surface area contributed by atoms with Crippen LogP contribution in [0.4, 0.5) is 0 Å². The molecule has 0 atom stereocenters. The highest BCUT2D eigenvalue weighted by molar-refractivity contribution is 7.89. The number of hydrogen-bond donors (Lipinski definition) is 1. The lowest BCUT2D eigenvalue weighted by atomic mass is 9.97. The van der Waals surface area contributed by atoms with Crippen LogP contribution >= 0.6 is 0 Å². The average molecular weight is 382 g/mol. The highest BCUT2D eigenvalue weighted by Crippen LogP contribution is 2.34. The Bertz CT molecular complexity index is 742. The van der Waals surface area contributed by atoms with E-state index in [-0.39, 0.29) is 16.7 Å². The third kappa shape index (κ3) is 4.12. The molecule has 7 nitrogen and oxygen atoms in total. The van der Waals surface area contributed by atoms with Gasteiger partial charge in [0.25, 0.3) is 0 Å². The zero-order valence-electron chi connectivity index (χ0n) is 15.1. The molecule has 1 aromatic carbocycles. The minimum absolute atomic E-state index is 0.0369. The predicted octanol–water partition coefficient (Wildman–Crippen LogP) is 1.77. The summed E-state index contributed by atoms with van der Waals surface area (Å²) in [5, 5.41) is 2.94. The fraction of sp³-hybridized carbons (Fsp3) is 0.611. The number of carbonyl (C=O) groups is 1. The quantitative estimate of drug-likeness (QED) is 0.758. The molecule has 0 unspecified atom stereocenters. The van der Waals surface area contributed by atoms with E-state index in [0.29, 0.717) is 57.2 Å². The number of ether oxygens (including phenoxy) is 2. The van der Waals surface area contributed by atoms with Gasteiger partial charge < -0.3 is 14.8 Å². The van der Waals surface area contributed by atoms with Gasteiger partial charge in [-0.05, 0) is 31.4 Å². The molecule has 1 amide bonds. The van der Waals surface area contributed by atoms with Crippen molar-refractivity contribution < 1.29 is 22.7 Å². The molecule has 0 saturated carbocycles. The summed E-state index contributed by atoms with van der Waals surface area (Å²) in [6.45, 7) is 4.34. The molecule has 2 aliphatic heterocycles. The molecule has 1 fully saturated rings. The largest absolute Gasteiger partial charge is 0.486 e. The molecule has 1 saturated heterocycles. The van der Waals surface area contributed by atoms with Crippen molar-refractivity contribution in [3.05, 3.63) is 18.2 Å². The van der Waals surface area contributed by atoms with E-state index >= 15 is 0 Å². The number of nitrogens with zero attached hydrogens (tertiary/aromatic N) is 1. The van der Waals surface area contributed by atoms with Gasteiger partial charge in [0.2, 0.25) is 15.9 Å². The maximum Gasteiger partial charge on any atom is 0.243 e. The van der Waals surface area contributed by atoms with Crippen LogP contribution in [0, 0.1) is 5.92 Å². The fourth-order valence-electron chi connectivity index (χ4n) is 3.22. The third-order valence-corrected chi connectivity index (χ3v) is 6.70. The Morgan fingerprint density at radius 3 is 2.58 bits per heavy atom. The van der Waals surface area contributed by atoms with E-state index < -0.39 is 10.0 Å². The fourth-order valence-corrected chi connectivity index (χ4v) is 4.71. The van der Waals surface area contributed by atoms with Crippen molar-refractivity contribution in [3.8, 4) is 11.5 Å². The van der Waals surface area contributed by atoms with E-state index in [1.807, 2.05) is 0 Å². The monoisotopic (exact) mass is 382 g/mol. The summed E-state index contributed by atoms with van der Waals surface area (Å²) >= 11 is 0. The Hall–Kier alpha value is -1.80. The maximum absolute atomic E-state index is 12.9. The van der Waals surface area contributed by atoms with Gasteiger partial charge in [0.05, 0.1) is 4.90 Å². The average Bonchev–Trinajstić information content (AvgIpc) is 2.67. The molecule has 2 aliphatic rings. The van der Waals surface area contributed by atoms with Crippen LogP contribution in [-0.2, 0) is 14.8 Å². The number of unbranched alkanes of at least 4 members (excludes halogenated alkanes) is 1. The first-order valence-corrected chi connectivity index (χ1v) is 10.6. The van der Waals surface area contributed by atoms with Crippen molar-refractivity contribution in [1.82, 2.24) is 9.62 Å². The van der Waals surface area contributed by atoms with Gasteiger partial charge in [-0.3, -0.25) is 4.79 Å². The van der Waals surface area contributed by atoms with E-state index in [1.165, 1.54) is 10.4 Å². The summed E-state index contributed by atoms with van der Waals surface area (Å²) in [6, 6.07) is 4.70. The molecule has 26 heavy (non-hydrogen) atoms. The second-order valence-electron chi connectivity index (χ2n) is 6.63. The van der Waals surface area contributed by atoms with Crippen LogP contribution in [0.15, 0.2) is 23.1 Å². The topological polar surface area (TPSA) is 84.9 Å². The van der Waals surface area contributed by atoms with E-state index in [1.54, 1.807) is 12.1 Å². The lowest BCUT2D eigenvalue weighted by Crippen LogP contribution is -2.43. The number of piperidine rings is 1. The normalized spacial score (nSPS) is 18.5. The van der Waals surface area contributed by atoms with Crippen molar-refractivity contribution in [2.75, 3.05) is 32.8 Å². The summed E-state index contributed by atoms with van der Waals surface area (Å²) in [4.78, 5) is 12.4. The molecule has 2 heterocycles. The first-order valence-electron chi connectivity index (χ1n) is 9.20. The molecule has 1 aromatic rings. The van der Waals surface area contributed by atoms with Crippen molar-refractivity contribution >= 4 is 15.9 Å². The number of hydrogen-bond acceptors (Lipinski definition) is 5. The number of sulfonamides is 1. The molecule has 1 N–H and O–H groups in total. The Kier molecular flexibility index (Phi) is 6.03. The van der Waals surface area contributed by atoms with Gasteiger partial charge in [0.15, 0.2) is 11.5 Å². The minimum Gasteiger partial charge on any atom is -0.486 e. The highest BCUT2D eigenvalue weighted by atomic mass is 32.2. The highest BCUT2D eigenvalue weighted by Gasteiger charge is 2.32. The SMILES string of the molecule is CCCCNC(=O)C1CCN(S(=O)(=O)c2ccc3c(c2)OCCO3)CC1. The Balaban J connectivity index is 1.62. The van der Waals surface area contributed by atoms with Crippen LogP contribution in [0.5, 0.6) is 11.5 Å². The molecule has 0 aliphatic carbocycles. The van der Waals surface area contributed by atoms with Crippen LogP contribution in [-0.4, -0.2) is 51.5 Å². The molecular weight excluding hydrogens is 356 g/mol. The lowest BCUT2D eigenvalue weighted by molar-refractivity contribution is -0.126. The number of carbonyl (C=O) groups excluding carboxylic acids is 1. The van der Waals surface area contributed by atoms with Gasteiger partial charge in [-0.2, -0.15) is 4.31 Å². The Morgan fingerprint density at radius 1 is 1.19 bits per heavy atom. The van der Waals surface area contributed by atoms with Crippen LogP contribution in [0.25, 0.3) is 0 Å². The second-order valence-corrected chi connectivity index (χ2v) is 8.57. The predicted molar refractivity (Wildman–Crippen MR) is 96.8 cm³/mol.